The zero-order valence-electron chi connectivity index (χ0n) is 11.8. The quantitative estimate of drug-likeness (QED) is 0.468. The van der Waals surface area contributed by atoms with Crippen molar-refractivity contribution in [1.82, 2.24) is 4.57 Å². The highest BCUT2D eigenvalue weighted by molar-refractivity contribution is 6.65. The number of rotatable bonds is 9. The molecule has 17 heavy (non-hydrogen) atoms. The van der Waals surface area contributed by atoms with Crippen LogP contribution in [0.25, 0.3) is 0 Å². The van der Waals surface area contributed by atoms with E-state index in [2.05, 4.69) is 11.5 Å². The fourth-order valence-corrected chi connectivity index (χ4v) is 5.74. The van der Waals surface area contributed by atoms with Crippen molar-refractivity contribution in [3.05, 3.63) is 0 Å². The zero-order chi connectivity index (χ0) is 12.6. The van der Waals surface area contributed by atoms with Crippen LogP contribution >= 0.6 is 0 Å². The number of nitrogens with zero attached hydrogens (tertiary/aromatic N) is 1. The molecule has 1 aliphatic heterocycles. The molecule has 0 radical (unpaired) electrons. The number of hydrogen-bond donors (Lipinski definition) is 0. The first-order valence-corrected chi connectivity index (χ1v) is 9.11. The fourth-order valence-electron chi connectivity index (χ4n) is 2.73. The Hall–Kier alpha value is 0.0969. The Balaban J connectivity index is 2.17. The second-order valence-corrected chi connectivity index (χ2v) is 8.35. The van der Waals surface area contributed by atoms with E-state index in [0.717, 1.165) is 6.04 Å². The molecule has 0 aromatic heterocycles. The SMILES string of the molecule is CCCCCCCCN1CCC[Si]1(OC)OC. The van der Waals surface area contributed by atoms with Crippen LogP contribution in [-0.4, -0.2) is 40.6 Å². The van der Waals surface area contributed by atoms with Crippen LogP contribution in [0.15, 0.2) is 0 Å². The van der Waals surface area contributed by atoms with Crippen LogP contribution in [-0.2, 0) is 8.85 Å². The number of unbranched alkanes of at least 4 members (excludes halogenated alkanes) is 5. The topological polar surface area (TPSA) is 21.7 Å². The van der Waals surface area contributed by atoms with Gasteiger partial charge in [-0.15, -0.1) is 0 Å². The summed E-state index contributed by atoms with van der Waals surface area (Å²) in [6, 6.07) is 1.13. The molecule has 4 heteroatoms. The molecule has 1 aliphatic rings. The van der Waals surface area contributed by atoms with Gasteiger partial charge in [0.2, 0.25) is 0 Å². The average Bonchev–Trinajstić information content (AvgIpc) is 2.77. The minimum Gasteiger partial charge on any atom is -0.386 e. The molecule has 0 aliphatic carbocycles. The Bertz CT molecular complexity index is 198. The van der Waals surface area contributed by atoms with E-state index in [9.17, 15) is 0 Å². The lowest BCUT2D eigenvalue weighted by atomic mass is 10.1. The van der Waals surface area contributed by atoms with E-state index in [4.69, 9.17) is 8.85 Å². The fraction of sp³-hybridized carbons (Fsp3) is 1.00. The van der Waals surface area contributed by atoms with Gasteiger partial charge in [0.1, 0.15) is 0 Å². The van der Waals surface area contributed by atoms with Gasteiger partial charge >= 0.3 is 8.72 Å². The van der Waals surface area contributed by atoms with E-state index in [1.54, 1.807) is 0 Å². The van der Waals surface area contributed by atoms with Gasteiger partial charge in [-0.3, -0.25) is 4.57 Å². The largest absolute Gasteiger partial charge is 0.427 e. The summed E-state index contributed by atoms with van der Waals surface area (Å²) in [5.41, 5.74) is 0. The van der Waals surface area contributed by atoms with Crippen LogP contribution in [0.3, 0.4) is 0 Å². The molecule has 102 valence electrons. The van der Waals surface area contributed by atoms with Crippen molar-refractivity contribution in [3.8, 4) is 0 Å². The number of hydrogen-bond acceptors (Lipinski definition) is 3. The monoisotopic (exact) mass is 259 g/mol. The highest BCUT2D eigenvalue weighted by atomic mass is 28.4. The van der Waals surface area contributed by atoms with Crippen molar-refractivity contribution in [2.45, 2.75) is 57.9 Å². The Labute approximate surface area is 108 Å². The normalized spacial score (nSPS) is 19.9. The molecule has 0 N–H and O–H groups in total. The molecule has 3 nitrogen and oxygen atoms in total. The zero-order valence-corrected chi connectivity index (χ0v) is 12.8. The molecule has 1 rings (SSSR count). The van der Waals surface area contributed by atoms with Gasteiger partial charge in [-0.1, -0.05) is 39.0 Å². The summed E-state index contributed by atoms with van der Waals surface area (Å²) in [5, 5.41) is 0. The lowest BCUT2D eigenvalue weighted by Gasteiger charge is -2.31. The van der Waals surface area contributed by atoms with E-state index in [-0.39, 0.29) is 0 Å². The lowest BCUT2D eigenvalue weighted by Crippen LogP contribution is -2.53. The standard InChI is InChI=1S/C13H29NO2Si/c1-4-5-6-7-8-9-11-14-12-10-13-17(14,15-2)16-3/h4-13H2,1-3H3. The predicted octanol–water partition coefficient (Wildman–Crippen LogP) is 3.28. The third kappa shape index (κ3) is 4.36. The van der Waals surface area contributed by atoms with Crippen molar-refractivity contribution < 1.29 is 8.85 Å². The Kier molecular flexibility index (Phi) is 7.35. The van der Waals surface area contributed by atoms with Crippen molar-refractivity contribution in [2.75, 3.05) is 27.3 Å². The van der Waals surface area contributed by atoms with Crippen LogP contribution in [0, 0.1) is 0 Å². The van der Waals surface area contributed by atoms with Gasteiger partial charge in [-0.05, 0) is 25.9 Å². The van der Waals surface area contributed by atoms with Gasteiger partial charge in [-0.25, -0.2) is 0 Å². The first-order valence-electron chi connectivity index (χ1n) is 7.14. The van der Waals surface area contributed by atoms with E-state index in [1.165, 1.54) is 58.0 Å². The highest BCUT2D eigenvalue weighted by Crippen LogP contribution is 2.27. The molecule has 0 unspecified atom stereocenters. The second kappa shape index (κ2) is 8.24. The Morgan fingerprint density at radius 2 is 1.65 bits per heavy atom. The minimum atomic E-state index is -1.95. The van der Waals surface area contributed by atoms with Gasteiger partial charge in [0.25, 0.3) is 0 Å². The molecule has 0 bridgehead atoms. The summed E-state index contributed by atoms with van der Waals surface area (Å²) in [6.45, 7) is 4.60. The summed E-state index contributed by atoms with van der Waals surface area (Å²) in [5.74, 6) is 0. The molecule has 1 saturated heterocycles. The van der Waals surface area contributed by atoms with Gasteiger partial charge < -0.3 is 8.85 Å². The van der Waals surface area contributed by atoms with Crippen LogP contribution in [0.2, 0.25) is 6.04 Å². The van der Waals surface area contributed by atoms with Crippen molar-refractivity contribution in [1.29, 1.82) is 0 Å². The summed E-state index contributed by atoms with van der Waals surface area (Å²) in [7, 11) is 1.68. The molecule has 0 spiro atoms. The summed E-state index contributed by atoms with van der Waals surface area (Å²) in [4.78, 5) is 0. The second-order valence-electron chi connectivity index (χ2n) is 4.98. The van der Waals surface area contributed by atoms with Gasteiger partial charge in [0.05, 0.1) is 0 Å². The van der Waals surface area contributed by atoms with E-state index in [0.29, 0.717) is 0 Å². The van der Waals surface area contributed by atoms with Crippen LogP contribution in [0.1, 0.15) is 51.9 Å². The van der Waals surface area contributed by atoms with Gasteiger partial charge in [-0.2, -0.15) is 0 Å². The molecule has 0 aromatic carbocycles. The highest BCUT2D eigenvalue weighted by Gasteiger charge is 2.46. The maximum Gasteiger partial charge on any atom is 0.427 e. The maximum absolute atomic E-state index is 5.70. The molecule has 1 fully saturated rings. The molecule has 0 aromatic rings. The molecule has 0 atom stereocenters. The van der Waals surface area contributed by atoms with E-state index >= 15 is 0 Å². The van der Waals surface area contributed by atoms with E-state index < -0.39 is 8.72 Å². The molecule has 0 amide bonds. The van der Waals surface area contributed by atoms with Gasteiger partial charge in [0.15, 0.2) is 0 Å². The first kappa shape index (κ1) is 15.2. The van der Waals surface area contributed by atoms with Crippen molar-refractivity contribution >= 4 is 8.72 Å². The van der Waals surface area contributed by atoms with Crippen LogP contribution in [0.5, 0.6) is 0 Å². The average molecular weight is 259 g/mol. The Morgan fingerprint density at radius 1 is 1.00 bits per heavy atom. The molecular weight excluding hydrogens is 230 g/mol. The van der Waals surface area contributed by atoms with Gasteiger partial charge in [0, 0.05) is 20.3 Å². The summed E-state index contributed by atoms with van der Waals surface area (Å²) >= 11 is 0. The van der Waals surface area contributed by atoms with Crippen LogP contribution < -0.4 is 0 Å². The van der Waals surface area contributed by atoms with E-state index in [1.807, 2.05) is 14.2 Å². The maximum atomic E-state index is 5.70. The smallest absolute Gasteiger partial charge is 0.386 e. The molecule has 0 saturated carbocycles. The van der Waals surface area contributed by atoms with Crippen molar-refractivity contribution in [2.24, 2.45) is 0 Å². The summed E-state index contributed by atoms with van der Waals surface area (Å²) < 4.78 is 13.9. The molecule has 1 heterocycles. The first-order chi connectivity index (χ1) is 8.29. The third-order valence-corrected chi connectivity index (χ3v) is 7.49. The molecular formula is C13H29NO2Si. The predicted molar refractivity (Wildman–Crippen MR) is 74.1 cm³/mol. The third-order valence-electron chi connectivity index (χ3n) is 3.82. The van der Waals surface area contributed by atoms with Crippen molar-refractivity contribution in [3.63, 3.8) is 0 Å². The minimum absolute atomic E-state index is 1.13. The van der Waals surface area contributed by atoms with Crippen LogP contribution in [0.4, 0.5) is 0 Å². The summed E-state index contributed by atoms with van der Waals surface area (Å²) in [6.07, 6.45) is 9.39. The lowest BCUT2D eigenvalue weighted by molar-refractivity contribution is 0.181. The Morgan fingerprint density at radius 3 is 2.29 bits per heavy atom.